The van der Waals surface area contributed by atoms with E-state index in [-0.39, 0.29) is 18.5 Å². The van der Waals surface area contributed by atoms with Crippen LogP contribution in [0.5, 0.6) is 0 Å². The third kappa shape index (κ3) is 43.4. The molecule has 7 atom stereocenters. The minimum absolute atomic E-state index is 0.0235. The fourth-order valence-electron chi connectivity index (χ4n) is 9.96. The van der Waals surface area contributed by atoms with Gasteiger partial charge in [-0.1, -0.05) is 256 Å². The fraction of sp³-hybridized carbons (Fsp3) is 0.875. The van der Waals surface area contributed by atoms with Gasteiger partial charge in [0.05, 0.1) is 32.0 Å². The molecule has 1 amide bonds. The number of carbonyl (C=O) groups is 2. The van der Waals surface area contributed by atoms with Crippen molar-refractivity contribution in [3.8, 4) is 0 Å². The second-order valence-corrected chi connectivity index (χ2v) is 22.1. The van der Waals surface area contributed by atoms with Crippen LogP contribution < -0.4 is 5.32 Å². The zero-order chi connectivity index (χ0) is 54.5. The Balaban J connectivity index is 2.01. The number of hydrogen-bond donors (Lipinski definition) is 6. The predicted molar refractivity (Wildman–Crippen MR) is 311 cm³/mol. The quantitative estimate of drug-likeness (QED) is 0.0149. The van der Waals surface area contributed by atoms with Crippen molar-refractivity contribution < 1.29 is 49.3 Å². The van der Waals surface area contributed by atoms with Crippen LogP contribution in [0.15, 0.2) is 36.5 Å². The van der Waals surface area contributed by atoms with Gasteiger partial charge in [0.15, 0.2) is 6.29 Å². The van der Waals surface area contributed by atoms with Crippen LogP contribution in [0.4, 0.5) is 0 Å². The summed E-state index contributed by atoms with van der Waals surface area (Å²) in [6.45, 7) is 4.28. The van der Waals surface area contributed by atoms with Crippen molar-refractivity contribution in [1.82, 2.24) is 5.32 Å². The molecule has 0 aromatic heterocycles. The summed E-state index contributed by atoms with van der Waals surface area (Å²) in [7, 11) is 0. The Kier molecular flexibility index (Phi) is 50.9. The molecule has 1 heterocycles. The summed E-state index contributed by atoms with van der Waals surface area (Å²) in [5.41, 5.74) is 0. The molecule has 6 N–H and O–H groups in total. The van der Waals surface area contributed by atoms with Gasteiger partial charge >= 0.3 is 5.97 Å². The van der Waals surface area contributed by atoms with E-state index in [0.717, 1.165) is 89.9 Å². The first-order valence-electron chi connectivity index (χ1n) is 31.8. The first kappa shape index (κ1) is 70.9. The number of ether oxygens (including phenoxy) is 3. The number of nitrogens with one attached hydrogen (secondary N) is 1. The number of esters is 1. The zero-order valence-corrected chi connectivity index (χ0v) is 48.5. The molecule has 0 aliphatic carbocycles. The average molecular weight is 1060 g/mol. The third-order valence-electron chi connectivity index (χ3n) is 15.0. The summed E-state index contributed by atoms with van der Waals surface area (Å²) in [4.78, 5) is 25.1. The van der Waals surface area contributed by atoms with Crippen molar-refractivity contribution in [3.05, 3.63) is 36.5 Å². The molecule has 0 bridgehead atoms. The van der Waals surface area contributed by atoms with Gasteiger partial charge in [0.2, 0.25) is 5.91 Å². The smallest absolute Gasteiger partial charge is 0.305 e. The Labute approximate surface area is 460 Å². The SMILES string of the molecule is CCCCCCCCC/C=C/C(O)C(COC1OC(CO)C(O)C(O)C1O)NC(=O)CCCCCCCCCCCC/C=C\C=C/CCCCCOC(=O)CCCCCCCCCCCCCCCCCCCCC. The third-order valence-corrected chi connectivity index (χ3v) is 15.0. The van der Waals surface area contributed by atoms with E-state index >= 15 is 0 Å². The normalized spacial score (nSPS) is 18.9. The van der Waals surface area contributed by atoms with Crippen LogP contribution in [0.1, 0.15) is 296 Å². The maximum Gasteiger partial charge on any atom is 0.305 e. The minimum atomic E-state index is -1.57. The Morgan fingerprint density at radius 2 is 0.880 bits per heavy atom. The zero-order valence-electron chi connectivity index (χ0n) is 48.5. The van der Waals surface area contributed by atoms with Crippen LogP contribution in [0, 0.1) is 0 Å². The number of rotatable bonds is 55. The molecule has 1 aliphatic rings. The second-order valence-electron chi connectivity index (χ2n) is 22.1. The molecular formula is C64H119NO10. The van der Waals surface area contributed by atoms with Crippen LogP contribution in [0.3, 0.4) is 0 Å². The number of amides is 1. The van der Waals surface area contributed by atoms with Crippen LogP contribution in [-0.4, -0.2) is 100 Å². The van der Waals surface area contributed by atoms with Gasteiger partial charge in [0.1, 0.15) is 24.4 Å². The van der Waals surface area contributed by atoms with Gasteiger partial charge in [-0.25, -0.2) is 0 Å². The second kappa shape index (κ2) is 53.9. The van der Waals surface area contributed by atoms with Crippen LogP contribution in [0.25, 0.3) is 0 Å². The van der Waals surface area contributed by atoms with E-state index in [0.29, 0.717) is 19.4 Å². The van der Waals surface area contributed by atoms with E-state index in [1.54, 1.807) is 6.08 Å². The summed E-state index contributed by atoms with van der Waals surface area (Å²) in [6, 6.07) is -0.816. The lowest BCUT2D eigenvalue weighted by molar-refractivity contribution is -0.302. The molecule has 1 rings (SSSR count). The van der Waals surface area contributed by atoms with Gasteiger partial charge in [0.25, 0.3) is 0 Å². The number of allylic oxidation sites excluding steroid dienone is 5. The highest BCUT2D eigenvalue weighted by molar-refractivity contribution is 5.76. The Morgan fingerprint density at radius 1 is 0.493 bits per heavy atom. The van der Waals surface area contributed by atoms with Gasteiger partial charge in [0, 0.05) is 12.8 Å². The first-order valence-corrected chi connectivity index (χ1v) is 31.8. The summed E-state index contributed by atoms with van der Waals surface area (Å²) < 4.78 is 16.7. The molecule has 440 valence electrons. The van der Waals surface area contributed by atoms with Crippen LogP contribution in [0.2, 0.25) is 0 Å². The summed E-state index contributed by atoms with van der Waals surface area (Å²) >= 11 is 0. The molecule has 75 heavy (non-hydrogen) atoms. The summed E-state index contributed by atoms with van der Waals surface area (Å²) in [6.07, 6.45) is 56.9. The number of aliphatic hydroxyl groups is 5. The van der Waals surface area contributed by atoms with Crippen LogP contribution >= 0.6 is 0 Å². The topological polar surface area (TPSA) is 175 Å². The monoisotopic (exact) mass is 1060 g/mol. The van der Waals surface area contributed by atoms with Gasteiger partial charge in [-0.15, -0.1) is 0 Å². The largest absolute Gasteiger partial charge is 0.466 e. The van der Waals surface area contributed by atoms with E-state index in [9.17, 15) is 35.1 Å². The molecular weight excluding hydrogens is 943 g/mol. The molecule has 0 saturated carbocycles. The highest BCUT2D eigenvalue weighted by Crippen LogP contribution is 2.23. The molecule has 0 aromatic rings. The Morgan fingerprint density at radius 3 is 1.32 bits per heavy atom. The van der Waals surface area contributed by atoms with Crippen molar-refractivity contribution in [3.63, 3.8) is 0 Å². The minimum Gasteiger partial charge on any atom is -0.466 e. The van der Waals surface area contributed by atoms with Gasteiger partial charge in [-0.2, -0.15) is 0 Å². The average Bonchev–Trinajstić information content (AvgIpc) is 3.41. The Bertz CT molecular complexity index is 1340. The maximum absolute atomic E-state index is 13.0. The van der Waals surface area contributed by atoms with Crippen molar-refractivity contribution in [2.45, 2.75) is 339 Å². The highest BCUT2D eigenvalue weighted by atomic mass is 16.7. The van der Waals surface area contributed by atoms with Crippen molar-refractivity contribution in [1.29, 1.82) is 0 Å². The van der Waals surface area contributed by atoms with E-state index in [4.69, 9.17) is 14.2 Å². The number of hydrogen-bond acceptors (Lipinski definition) is 10. The first-order chi connectivity index (χ1) is 36.7. The van der Waals surface area contributed by atoms with Crippen molar-refractivity contribution in [2.24, 2.45) is 0 Å². The molecule has 11 heteroatoms. The summed E-state index contributed by atoms with van der Waals surface area (Å²) in [5.74, 6) is -0.217. The number of aliphatic hydroxyl groups excluding tert-OH is 5. The summed E-state index contributed by atoms with van der Waals surface area (Å²) in [5, 5.41) is 54.2. The molecule has 11 nitrogen and oxygen atoms in total. The lowest BCUT2D eigenvalue weighted by Crippen LogP contribution is -2.60. The van der Waals surface area contributed by atoms with Gasteiger partial charge < -0.3 is 45.1 Å². The molecule has 1 saturated heterocycles. The lowest BCUT2D eigenvalue weighted by Gasteiger charge is -2.40. The standard InChI is InChI=1S/C64H119NO10/c1-3-5-7-9-11-13-14-15-16-17-19-23-26-29-32-36-40-44-48-52-60(69)73-53-49-45-41-37-33-30-27-24-21-18-20-22-25-28-31-35-39-43-47-51-59(68)65-56(57(67)50-46-42-38-34-12-10-8-6-4-2)55-74-64-63(72)62(71)61(70)58(54-66)75-64/h24,27,30,33,46,50,56-58,61-64,66-67,70-72H,3-23,25-26,28-29,31-32,34-45,47-49,51-55H2,1-2H3,(H,65,68)/b27-24-,33-30-,50-46+. The molecule has 1 aliphatic heterocycles. The molecule has 0 aromatic carbocycles. The molecule has 0 radical (unpaired) electrons. The number of carbonyl (C=O) groups excluding carboxylic acids is 2. The molecule has 7 unspecified atom stereocenters. The fourth-order valence-corrected chi connectivity index (χ4v) is 9.96. The Hall–Kier alpha value is -2.12. The predicted octanol–water partition coefficient (Wildman–Crippen LogP) is 15.1. The van der Waals surface area contributed by atoms with Gasteiger partial charge in [-0.3, -0.25) is 9.59 Å². The number of unbranched alkanes of at least 4 members (excludes halogenated alkanes) is 38. The van der Waals surface area contributed by atoms with Gasteiger partial charge in [-0.05, 0) is 64.2 Å². The van der Waals surface area contributed by atoms with E-state index in [1.165, 1.54) is 180 Å². The molecule has 1 fully saturated rings. The van der Waals surface area contributed by atoms with Crippen LogP contribution in [-0.2, 0) is 23.8 Å². The van der Waals surface area contributed by atoms with Crippen molar-refractivity contribution >= 4 is 11.9 Å². The maximum atomic E-state index is 13.0. The van der Waals surface area contributed by atoms with E-state index in [1.807, 2.05) is 6.08 Å². The molecule has 0 spiro atoms. The lowest BCUT2D eigenvalue weighted by atomic mass is 9.99. The van der Waals surface area contributed by atoms with E-state index in [2.05, 4.69) is 43.5 Å². The van der Waals surface area contributed by atoms with E-state index < -0.39 is 49.5 Å². The highest BCUT2D eigenvalue weighted by Gasteiger charge is 2.44. The van der Waals surface area contributed by atoms with Crippen molar-refractivity contribution in [2.75, 3.05) is 19.8 Å².